The molecule has 7 nitrogen and oxygen atoms in total. The molecule has 7 heteroatoms. The number of aromatic nitrogens is 4. The van der Waals surface area contributed by atoms with Crippen molar-refractivity contribution in [3.63, 3.8) is 0 Å². The van der Waals surface area contributed by atoms with Crippen molar-refractivity contribution < 1.29 is 4.79 Å². The van der Waals surface area contributed by atoms with E-state index in [9.17, 15) is 4.79 Å². The minimum Gasteiger partial charge on any atom is -0.356 e. The van der Waals surface area contributed by atoms with Gasteiger partial charge in [0.15, 0.2) is 0 Å². The van der Waals surface area contributed by atoms with Crippen LogP contribution in [-0.4, -0.2) is 39.2 Å². The summed E-state index contributed by atoms with van der Waals surface area (Å²) in [6.07, 6.45) is 8.76. The standard InChI is InChI=1S/C31H32N6O/c1-19-14-22(16-23(15-19)33-31(38)20-6-5-7-20)21-8-9-27-24(17-21)29(36-35-27)28-18-25-26(34-28)10-11-32-30(25)37-12-3-2-4-13-37/h8-11,14-18,20,34H,2-7,12-13H2,1H3,(H,33,38)(H,35,36). The van der Waals surface area contributed by atoms with Crippen molar-refractivity contribution in [1.29, 1.82) is 0 Å². The third-order valence-corrected chi connectivity index (χ3v) is 8.15. The number of H-pyrrole nitrogens is 2. The molecule has 2 aromatic carbocycles. The summed E-state index contributed by atoms with van der Waals surface area (Å²) in [5.74, 6) is 1.35. The smallest absolute Gasteiger partial charge is 0.227 e. The summed E-state index contributed by atoms with van der Waals surface area (Å²) < 4.78 is 0. The van der Waals surface area contributed by atoms with Gasteiger partial charge in [-0.1, -0.05) is 18.6 Å². The molecule has 1 aliphatic carbocycles. The van der Waals surface area contributed by atoms with Crippen LogP contribution in [0.15, 0.2) is 54.7 Å². The van der Waals surface area contributed by atoms with E-state index < -0.39 is 0 Å². The highest BCUT2D eigenvalue weighted by molar-refractivity contribution is 6.00. The maximum absolute atomic E-state index is 12.6. The molecule has 1 amide bonds. The number of benzene rings is 2. The van der Waals surface area contributed by atoms with E-state index in [2.05, 4.69) is 63.6 Å². The molecule has 4 heterocycles. The van der Waals surface area contributed by atoms with Crippen LogP contribution >= 0.6 is 0 Å². The Hall–Kier alpha value is -4.13. The first-order chi connectivity index (χ1) is 18.6. The lowest BCUT2D eigenvalue weighted by atomic mass is 9.85. The van der Waals surface area contributed by atoms with Gasteiger partial charge in [0.25, 0.3) is 0 Å². The van der Waals surface area contributed by atoms with E-state index in [-0.39, 0.29) is 11.8 Å². The van der Waals surface area contributed by atoms with Gasteiger partial charge in [-0.05, 0) is 92.1 Å². The normalized spacial score (nSPS) is 16.2. The summed E-state index contributed by atoms with van der Waals surface area (Å²) in [5.41, 5.74) is 8.09. The fourth-order valence-electron chi connectivity index (χ4n) is 5.86. The summed E-state index contributed by atoms with van der Waals surface area (Å²) in [6, 6.07) is 16.9. The number of anilines is 2. The maximum Gasteiger partial charge on any atom is 0.227 e. The van der Waals surface area contributed by atoms with Gasteiger partial charge in [-0.3, -0.25) is 9.89 Å². The Kier molecular flexibility index (Phi) is 5.64. The Balaban J connectivity index is 1.25. The lowest BCUT2D eigenvalue weighted by Crippen LogP contribution is -2.30. The van der Waals surface area contributed by atoms with Crippen molar-refractivity contribution in [3.8, 4) is 22.5 Å². The third kappa shape index (κ3) is 4.12. The second-order valence-corrected chi connectivity index (χ2v) is 10.9. The molecule has 0 unspecified atom stereocenters. The SMILES string of the molecule is Cc1cc(NC(=O)C2CCC2)cc(-c2ccc3[nH]nc(-c4cc5c(N6CCCCC6)nccc5[nH]4)c3c2)c1. The average Bonchev–Trinajstić information content (AvgIpc) is 3.51. The van der Waals surface area contributed by atoms with Gasteiger partial charge in [-0.15, -0.1) is 0 Å². The zero-order valence-corrected chi connectivity index (χ0v) is 21.7. The Morgan fingerprint density at radius 2 is 1.79 bits per heavy atom. The molecule has 7 rings (SSSR count). The number of aromatic amines is 2. The number of nitrogens with one attached hydrogen (secondary N) is 3. The summed E-state index contributed by atoms with van der Waals surface area (Å²) in [6.45, 7) is 4.19. The van der Waals surface area contributed by atoms with Crippen molar-refractivity contribution in [3.05, 3.63) is 60.3 Å². The molecule has 0 spiro atoms. The number of carbonyl (C=O) groups excluding carboxylic acids is 1. The molecule has 3 N–H and O–H groups in total. The summed E-state index contributed by atoms with van der Waals surface area (Å²) in [5, 5.41) is 13.2. The van der Waals surface area contributed by atoms with Crippen LogP contribution in [-0.2, 0) is 4.79 Å². The van der Waals surface area contributed by atoms with Crippen LogP contribution in [0, 0.1) is 12.8 Å². The minimum atomic E-state index is 0.137. The monoisotopic (exact) mass is 504 g/mol. The number of aryl methyl sites for hydroxylation is 1. The zero-order chi connectivity index (χ0) is 25.6. The fraction of sp³-hybridized carbons (Fsp3) is 0.323. The van der Waals surface area contributed by atoms with E-state index in [1.165, 1.54) is 19.3 Å². The topological polar surface area (TPSA) is 89.7 Å². The van der Waals surface area contributed by atoms with E-state index in [0.717, 1.165) is 93.7 Å². The number of piperidine rings is 1. The molecule has 38 heavy (non-hydrogen) atoms. The molecular weight excluding hydrogens is 472 g/mol. The maximum atomic E-state index is 12.6. The van der Waals surface area contributed by atoms with Crippen molar-refractivity contribution >= 4 is 39.2 Å². The predicted octanol–water partition coefficient (Wildman–Crippen LogP) is 6.81. The first-order valence-corrected chi connectivity index (χ1v) is 13.8. The molecule has 0 bridgehead atoms. The van der Waals surface area contributed by atoms with Crippen LogP contribution in [0.2, 0.25) is 0 Å². The molecule has 0 radical (unpaired) electrons. The van der Waals surface area contributed by atoms with Gasteiger partial charge in [-0.2, -0.15) is 5.10 Å². The number of rotatable bonds is 5. The van der Waals surface area contributed by atoms with Gasteiger partial charge < -0.3 is 15.2 Å². The number of hydrogen-bond acceptors (Lipinski definition) is 4. The van der Waals surface area contributed by atoms with Crippen molar-refractivity contribution in [1.82, 2.24) is 20.2 Å². The van der Waals surface area contributed by atoms with Crippen LogP contribution < -0.4 is 10.2 Å². The van der Waals surface area contributed by atoms with E-state index in [4.69, 9.17) is 10.1 Å². The highest BCUT2D eigenvalue weighted by Gasteiger charge is 2.25. The predicted molar refractivity (Wildman–Crippen MR) is 153 cm³/mol. The Morgan fingerprint density at radius 3 is 2.61 bits per heavy atom. The van der Waals surface area contributed by atoms with Crippen molar-refractivity contribution in [2.75, 3.05) is 23.3 Å². The molecule has 1 saturated carbocycles. The van der Waals surface area contributed by atoms with Gasteiger partial charge >= 0.3 is 0 Å². The average molecular weight is 505 g/mol. The zero-order valence-electron chi connectivity index (χ0n) is 21.7. The van der Waals surface area contributed by atoms with Gasteiger partial charge in [0.05, 0.1) is 16.7 Å². The Morgan fingerprint density at radius 1 is 0.921 bits per heavy atom. The molecule has 2 aliphatic rings. The van der Waals surface area contributed by atoms with Gasteiger partial charge in [-0.25, -0.2) is 4.98 Å². The number of carbonyl (C=O) groups is 1. The highest BCUT2D eigenvalue weighted by atomic mass is 16.1. The number of hydrogen-bond donors (Lipinski definition) is 3. The first-order valence-electron chi connectivity index (χ1n) is 13.8. The number of nitrogens with zero attached hydrogens (tertiary/aromatic N) is 3. The number of amides is 1. The Labute approximate surface area is 221 Å². The van der Waals surface area contributed by atoms with E-state index >= 15 is 0 Å². The van der Waals surface area contributed by atoms with Crippen molar-refractivity contribution in [2.45, 2.75) is 45.4 Å². The molecule has 2 fully saturated rings. The molecule has 1 aliphatic heterocycles. The number of fused-ring (bicyclic) bond motifs is 2. The van der Waals surface area contributed by atoms with Gasteiger partial charge in [0.2, 0.25) is 5.91 Å². The van der Waals surface area contributed by atoms with Crippen LogP contribution in [0.4, 0.5) is 11.5 Å². The summed E-state index contributed by atoms with van der Waals surface area (Å²) in [4.78, 5) is 23.3. The lowest BCUT2D eigenvalue weighted by molar-refractivity contribution is -0.122. The largest absolute Gasteiger partial charge is 0.356 e. The van der Waals surface area contributed by atoms with Crippen LogP contribution in [0.1, 0.15) is 44.1 Å². The number of pyridine rings is 1. The summed E-state index contributed by atoms with van der Waals surface area (Å²) in [7, 11) is 0. The quantitative estimate of drug-likeness (QED) is 0.245. The van der Waals surface area contributed by atoms with Crippen LogP contribution in [0.3, 0.4) is 0 Å². The lowest BCUT2D eigenvalue weighted by Gasteiger charge is -2.28. The second-order valence-electron chi connectivity index (χ2n) is 10.9. The third-order valence-electron chi connectivity index (χ3n) is 8.15. The van der Waals surface area contributed by atoms with E-state index in [1.54, 1.807) is 0 Å². The van der Waals surface area contributed by atoms with Gasteiger partial charge in [0, 0.05) is 41.7 Å². The van der Waals surface area contributed by atoms with Crippen LogP contribution in [0.25, 0.3) is 44.3 Å². The van der Waals surface area contributed by atoms with Gasteiger partial charge in [0.1, 0.15) is 11.5 Å². The van der Waals surface area contributed by atoms with E-state index in [1.807, 2.05) is 18.3 Å². The molecule has 3 aromatic heterocycles. The minimum absolute atomic E-state index is 0.137. The molecule has 1 saturated heterocycles. The fourth-order valence-corrected chi connectivity index (χ4v) is 5.86. The first kappa shape index (κ1) is 23.0. The van der Waals surface area contributed by atoms with Crippen LogP contribution in [0.5, 0.6) is 0 Å². The molecule has 5 aromatic rings. The molecule has 0 atom stereocenters. The van der Waals surface area contributed by atoms with Crippen molar-refractivity contribution in [2.24, 2.45) is 5.92 Å². The summed E-state index contributed by atoms with van der Waals surface area (Å²) >= 11 is 0. The second kappa shape index (κ2) is 9.31. The van der Waals surface area contributed by atoms with E-state index in [0.29, 0.717) is 0 Å². The highest BCUT2D eigenvalue weighted by Crippen LogP contribution is 2.35. The molecule has 192 valence electrons. The Bertz CT molecular complexity index is 1650. The molecular formula is C31H32N6O.